The van der Waals surface area contributed by atoms with Crippen molar-refractivity contribution in [2.24, 2.45) is 0 Å². The molecule has 0 saturated heterocycles. The Hall–Kier alpha value is -3.56. The quantitative estimate of drug-likeness (QED) is 0.459. The number of hydrogen-bond acceptors (Lipinski definition) is 5. The van der Waals surface area contributed by atoms with Crippen LogP contribution in [0.3, 0.4) is 0 Å². The number of benzene rings is 3. The number of rotatable bonds is 7. The molecule has 0 saturated carbocycles. The predicted molar refractivity (Wildman–Crippen MR) is 113 cm³/mol. The van der Waals surface area contributed by atoms with E-state index >= 15 is 0 Å². The minimum Gasteiger partial charge on any atom is -0.322 e. The first kappa shape index (κ1) is 21.2. The fraction of sp³-hybridized carbons (Fsp3) is 0.0952. The molecular weight excluding hydrogens is 406 g/mol. The Morgan fingerprint density at radius 3 is 2.30 bits per heavy atom. The van der Waals surface area contributed by atoms with Gasteiger partial charge in [-0.15, -0.1) is 0 Å². The minimum absolute atomic E-state index is 0.0919. The zero-order valence-electron chi connectivity index (χ0n) is 16.1. The number of amides is 1. The third-order valence-corrected chi connectivity index (χ3v) is 6.21. The third kappa shape index (κ3) is 4.88. The Morgan fingerprint density at radius 2 is 1.67 bits per heavy atom. The van der Waals surface area contributed by atoms with Crippen LogP contribution in [0.15, 0.2) is 83.8 Å². The van der Waals surface area contributed by atoms with Crippen molar-refractivity contribution in [1.82, 2.24) is 4.31 Å². The largest absolute Gasteiger partial charge is 0.322 e. The highest BCUT2D eigenvalue weighted by Crippen LogP contribution is 2.20. The molecule has 1 amide bonds. The fourth-order valence-electron chi connectivity index (χ4n) is 2.78. The lowest BCUT2D eigenvalue weighted by Crippen LogP contribution is -2.26. The van der Waals surface area contributed by atoms with E-state index in [4.69, 9.17) is 0 Å². The van der Waals surface area contributed by atoms with E-state index in [0.717, 1.165) is 5.56 Å². The Kier molecular flexibility index (Phi) is 6.24. The molecular formula is C21H19N3O5S. The van der Waals surface area contributed by atoms with E-state index in [1.807, 2.05) is 30.3 Å². The van der Waals surface area contributed by atoms with Gasteiger partial charge in [0.15, 0.2) is 0 Å². The molecule has 154 valence electrons. The van der Waals surface area contributed by atoms with Gasteiger partial charge in [0.1, 0.15) is 0 Å². The van der Waals surface area contributed by atoms with Crippen LogP contribution in [0.5, 0.6) is 0 Å². The highest BCUT2D eigenvalue weighted by atomic mass is 32.2. The number of non-ortho nitro benzene ring substituents is 1. The number of anilines is 1. The van der Waals surface area contributed by atoms with E-state index < -0.39 is 20.9 Å². The summed E-state index contributed by atoms with van der Waals surface area (Å²) in [6.45, 7) is 0.231. The van der Waals surface area contributed by atoms with Gasteiger partial charge in [0, 0.05) is 37.0 Å². The summed E-state index contributed by atoms with van der Waals surface area (Å²) in [4.78, 5) is 22.7. The molecule has 0 aromatic heterocycles. The lowest BCUT2D eigenvalue weighted by atomic mass is 10.2. The maximum atomic E-state index is 12.8. The Bertz CT molecular complexity index is 1160. The number of carbonyl (C=O) groups excluding carboxylic acids is 1. The summed E-state index contributed by atoms with van der Waals surface area (Å²) in [7, 11) is -2.20. The van der Waals surface area contributed by atoms with Crippen LogP contribution in [-0.4, -0.2) is 30.6 Å². The number of nitrogens with zero attached hydrogens (tertiary/aromatic N) is 2. The van der Waals surface area contributed by atoms with Crippen LogP contribution in [0.2, 0.25) is 0 Å². The Morgan fingerprint density at radius 1 is 1.00 bits per heavy atom. The Labute approximate surface area is 174 Å². The Balaban J connectivity index is 1.71. The summed E-state index contributed by atoms with van der Waals surface area (Å²) in [6.07, 6.45) is 0. The van der Waals surface area contributed by atoms with Crippen molar-refractivity contribution in [2.45, 2.75) is 11.4 Å². The van der Waals surface area contributed by atoms with Crippen molar-refractivity contribution in [2.75, 3.05) is 12.4 Å². The van der Waals surface area contributed by atoms with E-state index in [9.17, 15) is 23.3 Å². The number of nitro benzene ring substituents is 1. The first-order valence-electron chi connectivity index (χ1n) is 8.93. The van der Waals surface area contributed by atoms with Gasteiger partial charge in [-0.25, -0.2) is 8.42 Å². The molecule has 0 atom stereocenters. The molecule has 0 aliphatic carbocycles. The normalized spacial score (nSPS) is 11.3. The molecule has 30 heavy (non-hydrogen) atoms. The van der Waals surface area contributed by atoms with Crippen LogP contribution in [0.25, 0.3) is 0 Å². The van der Waals surface area contributed by atoms with Gasteiger partial charge >= 0.3 is 0 Å². The van der Waals surface area contributed by atoms with Gasteiger partial charge in [-0.3, -0.25) is 14.9 Å². The second-order valence-electron chi connectivity index (χ2n) is 6.53. The molecule has 8 nitrogen and oxygen atoms in total. The van der Waals surface area contributed by atoms with Crippen LogP contribution in [0, 0.1) is 10.1 Å². The van der Waals surface area contributed by atoms with E-state index in [2.05, 4.69) is 5.32 Å². The van der Waals surface area contributed by atoms with Crippen LogP contribution >= 0.6 is 0 Å². The van der Waals surface area contributed by atoms with Gasteiger partial charge in [-0.05, 0) is 35.9 Å². The van der Waals surface area contributed by atoms with Gasteiger partial charge in [0.05, 0.1) is 9.82 Å². The summed E-state index contributed by atoms with van der Waals surface area (Å²) < 4.78 is 26.8. The summed E-state index contributed by atoms with van der Waals surface area (Å²) in [5, 5.41) is 13.5. The summed E-state index contributed by atoms with van der Waals surface area (Å²) >= 11 is 0. The molecule has 0 unspecified atom stereocenters. The van der Waals surface area contributed by atoms with E-state index in [1.54, 1.807) is 0 Å². The van der Waals surface area contributed by atoms with Crippen molar-refractivity contribution >= 4 is 27.3 Å². The highest BCUT2D eigenvalue weighted by molar-refractivity contribution is 7.89. The third-order valence-electron chi connectivity index (χ3n) is 4.39. The smallest absolute Gasteiger partial charge is 0.270 e. The summed E-state index contributed by atoms with van der Waals surface area (Å²) in [6, 6.07) is 20.3. The zero-order chi connectivity index (χ0) is 21.7. The minimum atomic E-state index is -3.70. The average Bonchev–Trinajstić information content (AvgIpc) is 2.75. The first-order valence-corrected chi connectivity index (χ1v) is 10.4. The standard InChI is InChI=1S/C21H19N3O5S/c1-23(15-16-6-3-2-4-7-16)30(28,29)20-12-10-18(11-13-20)22-21(25)17-8-5-9-19(14-17)24(26)27/h2-14H,15H2,1H3,(H,22,25). The summed E-state index contributed by atoms with van der Waals surface area (Å²) in [5.74, 6) is -0.532. The molecule has 1 N–H and O–H groups in total. The number of carbonyl (C=O) groups is 1. The number of hydrogen-bond donors (Lipinski definition) is 1. The van der Waals surface area contributed by atoms with Gasteiger partial charge in [-0.2, -0.15) is 4.31 Å². The molecule has 9 heteroatoms. The molecule has 3 aromatic carbocycles. The van der Waals surface area contributed by atoms with Crippen molar-refractivity contribution in [3.05, 3.63) is 100 Å². The predicted octanol–water partition coefficient (Wildman–Crippen LogP) is 3.67. The number of sulfonamides is 1. The zero-order valence-corrected chi connectivity index (χ0v) is 16.9. The molecule has 0 spiro atoms. The lowest BCUT2D eigenvalue weighted by Gasteiger charge is -2.17. The second-order valence-corrected chi connectivity index (χ2v) is 8.58. The molecule has 3 aromatic rings. The maximum absolute atomic E-state index is 12.8. The fourth-order valence-corrected chi connectivity index (χ4v) is 3.94. The molecule has 0 bridgehead atoms. The van der Waals surface area contributed by atoms with Crippen LogP contribution in [0.1, 0.15) is 15.9 Å². The van der Waals surface area contributed by atoms with Crippen molar-refractivity contribution in [1.29, 1.82) is 0 Å². The highest BCUT2D eigenvalue weighted by Gasteiger charge is 2.21. The number of nitro groups is 1. The van der Waals surface area contributed by atoms with Gasteiger partial charge < -0.3 is 5.32 Å². The van der Waals surface area contributed by atoms with E-state index in [1.165, 1.54) is 59.9 Å². The summed E-state index contributed by atoms with van der Waals surface area (Å²) in [5.41, 5.74) is 1.18. The van der Waals surface area contributed by atoms with Crippen LogP contribution < -0.4 is 5.32 Å². The number of nitrogens with one attached hydrogen (secondary N) is 1. The molecule has 0 heterocycles. The molecule has 0 radical (unpaired) electrons. The van der Waals surface area contributed by atoms with Gasteiger partial charge in [0.25, 0.3) is 11.6 Å². The van der Waals surface area contributed by atoms with Crippen molar-refractivity contribution < 1.29 is 18.1 Å². The van der Waals surface area contributed by atoms with E-state index in [0.29, 0.717) is 5.69 Å². The monoisotopic (exact) mass is 425 g/mol. The van der Waals surface area contributed by atoms with Crippen LogP contribution in [0.4, 0.5) is 11.4 Å². The van der Waals surface area contributed by atoms with E-state index in [-0.39, 0.29) is 22.7 Å². The first-order chi connectivity index (χ1) is 14.3. The SMILES string of the molecule is CN(Cc1ccccc1)S(=O)(=O)c1ccc(NC(=O)c2cccc([N+](=O)[O-])c2)cc1. The topological polar surface area (TPSA) is 110 Å². The molecule has 0 fully saturated rings. The molecule has 0 aliphatic rings. The molecule has 0 aliphatic heterocycles. The second kappa shape index (κ2) is 8.85. The average molecular weight is 425 g/mol. The van der Waals surface area contributed by atoms with Gasteiger partial charge in [0.2, 0.25) is 10.0 Å². The lowest BCUT2D eigenvalue weighted by molar-refractivity contribution is -0.384. The van der Waals surface area contributed by atoms with Crippen LogP contribution in [-0.2, 0) is 16.6 Å². The molecule has 3 rings (SSSR count). The van der Waals surface area contributed by atoms with Gasteiger partial charge in [-0.1, -0.05) is 36.4 Å². The van der Waals surface area contributed by atoms with Crippen molar-refractivity contribution in [3.8, 4) is 0 Å². The van der Waals surface area contributed by atoms with Crippen molar-refractivity contribution in [3.63, 3.8) is 0 Å². The maximum Gasteiger partial charge on any atom is 0.270 e.